The fourth-order valence-corrected chi connectivity index (χ4v) is 5.47. The Kier molecular flexibility index (Phi) is 5.53. The SMILES string of the molecule is O=C(c1ccccc1-n1nccn1)N1CC2CN(c3cc(C(F)(F)F)nc(N4CCCC4)n3)CC2C1. The molecule has 3 aromatic rings. The molecular formula is C24H25F3N8O. The number of hydrogen-bond donors (Lipinski definition) is 0. The number of halogens is 3. The Balaban J connectivity index is 1.19. The van der Waals surface area contributed by atoms with Crippen LogP contribution in [0.3, 0.4) is 0 Å². The number of fused-ring (bicyclic) bond motifs is 1. The molecule has 5 heterocycles. The van der Waals surface area contributed by atoms with Crippen LogP contribution in [-0.4, -0.2) is 75.0 Å². The van der Waals surface area contributed by atoms with Gasteiger partial charge in [0.25, 0.3) is 5.91 Å². The van der Waals surface area contributed by atoms with Crippen molar-refractivity contribution in [2.75, 3.05) is 49.1 Å². The van der Waals surface area contributed by atoms with Gasteiger partial charge in [0, 0.05) is 57.2 Å². The number of hydrogen-bond acceptors (Lipinski definition) is 7. The van der Waals surface area contributed by atoms with Gasteiger partial charge in [-0.25, -0.2) is 4.98 Å². The van der Waals surface area contributed by atoms with Crippen LogP contribution >= 0.6 is 0 Å². The summed E-state index contributed by atoms with van der Waals surface area (Å²) in [5.74, 6) is 0.671. The van der Waals surface area contributed by atoms with E-state index in [1.165, 1.54) is 4.80 Å². The van der Waals surface area contributed by atoms with Crippen molar-refractivity contribution in [1.82, 2.24) is 29.9 Å². The largest absolute Gasteiger partial charge is 0.433 e. The quantitative estimate of drug-likeness (QED) is 0.547. The van der Waals surface area contributed by atoms with Gasteiger partial charge in [-0.2, -0.15) is 33.1 Å². The zero-order valence-corrected chi connectivity index (χ0v) is 19.5. The summed E-state index contributed by atoms with van der Waals surface area (Å²) in [5.41, 5.74) is 0.222. The topological polar surface area (TPSA) is 83.3 Å². The maximum absolute atomic E-state index is 13.6. The van der Waals surface area contributed by atoms with Crippen LogP contribution in [0.1, 0.15) is 28.9 Å². The molecule has 0 bridgehead atoms. The highest BCUT2D eigenvalue weighted by molar-refractivity contribution is 5.97. The second-order valence-electron chi connectivity index (χ2n) is 9.57. The van der Waals surface area contributed by atoms with Gasteiger partial charge in [-0.3, -0.25) is 4.79 Å². The van der Waals surface area contributed by atoms with Crippen molar-refractivity contribution in [3.05, 3.63) is 54.0 Å². The molecule has 0 N–H and O–H groups in total. The van der Waals surface area contributed by atoms with Gasteiger partial charge in [-0.05, 0) is 25.0 Å². The van der Waals surface area contributed by atoms with E-state index in [1.807, 2.05) is 26.8 Å². The molecule has 3 fully saturated rings. The number of carbonyl (C=O) groups excluding carboxylic acids is 1. The van der Waals surface area contributed by atoms with Crippen LogP contribution in [0.5, 0.6) is 0 Å². The summed E-state index contributed by atoms with van der Waals surface area (Å²) in [5, 5.41) is 8.30. The summed E-state index contributed by atoms with van der Waals surface area (Å²) in [4.78, 5) is 28.7. The number of carbonyl (C=O) groups is 1. The number of rotatable bonds is 4. The summed E-state index contributed by atoms with van der Waals surface area (Å²) >= 11 is 0. The molecule has 0 aliphatic carbocycles. The van der Waals surface area contributed by atoms with Crippen LogP contribution in [0, 0.1) is 11.8 Å². The van der Waals surface area contributed by atoms with E-state index in [1.54, 1.807) is 24.5 Å². The van der Waals surface area contributed by atoms with E-state index in [-0.39, 0.29) is 23.7 Å². The molecular weight excluding hydrogens is 473 g/mol. The Morgan fingerprint density at radius 1 is 0.889 bits per heavy atom. The Hall–Kier alpha value is -3.70. The van der Waals surface area contributed by atoms with Crippen molar-refractivity contribution in [3.8, 4) is 5.69 Å². The van der Waals surface area contributed by atoms with Gasteiger partial charge in [0.1, 0.15) is 5.82 Å². The van der Waals surface area contributed by atoms with E-state index in [0.29, 0.717) is 56.3 Å². The van der Waals surface area contributed by atoms with Crippen LogP contribution in [-0.2, 0) is 6.18 Å². The summed E-state index contributed by atoms with van der Waals surface area (Å²) in [6.45, 7) is 3.50. The van der Waals surface area contributed by atoms with E-state index in [9.17, 15) is 18.0 Å². The predicted molar refractivity (Wildman–Crippen MR) is 125 cm³/mol. The number of alkyl halides is 3. The first kappa shape index (κ1) is 22.7. The lowest BCUT2D eigenvalue weighted by atomic mass is 10.0. The first-order valence-electron chi connectivity index (χ1n) is 12.1. The first-order chi connectivity index (χ1) is 17.4. The summed E-state index contributed by atoms with van der Waals surface area (Å²) in [6.07, 6.45) is 0.422. The number of aromatic nitrogens is 5. The third-order valence-electron chi connectivity index (χ3n) is 7.25. The number of para-hydroxylation sites is 1. The third-order valence-corrected chi connectivity index (χ3v) is 7.25. The van der Waals surface area contributed by atoms with Crippen molar-refractivity contribution >= 4 is 17.7 Å². The average Bonchev–Trinajstić information content (AvgIpc) is 3.66. The molecule has 3 aliphatic heterocycles. The molecule has 2 atom stereocenters. The molecule has 0 saturated carbocycles. The van der Waals surface area contributed by atoms with Crippen LogP contribution in [0.25, 0.3) is 5.69 Å². The molecule has 1 aromatic carbocycles. The fraction of sp³-hybridized carbons (Fsp3) is 0.458. The molecule has 3 aliphatic rings. The molecule has 6 rings (SSSR count). The van der Waals surface area contributed by atoms with E-state index < -0.39 is 11.9 Å². The molecule has 188 valence electrons. The van der Waals surface area contributed by atoms with Gasteiger partial charge in [0.2, 0.25) is 5.95 Å². The van der Waals surface area contributed by atoms with Gasteiger partial charge in [-0.15, -0.1) is 0 Å². The van der Waals surface area contributed by atoms with Crippen molar-refractivity contribution in [2.45, 2.75) is 19.0 Å². The molecule has 3 saturated heterocycles. The van der Waals surface area contributed by atoms with Gasteiger partial charge in [0.15, 0.2) is 5.69 Å². The van der Waals surface area contributed by atoms with Crippen LogP contribution in [0.4, 0.5) is 24.9 Å². The monoisotopic (exact) mass is 498 g/mol. The van der Waals surface area contributed by atoms with Gasteiger partial charge in [0.05, 0.1) is 23.6 Å². The van der Waals surface area contributed by atoms with Crippen molar-refractivity contribution < 1.29 is 18.0 Å². The molecule has 0 radical (unpaired) electrons. The highest BCUT2D eigenvalue weighted by atomic mass is 19.4. The molecule has 36 heavy (non-hydrogen) atoms. The average molecular weight is 499 g/mol. The molecule has 2 aromatic heterocycles. The lowest BCUT2D eigenvalue weighted by Gasteiger charge is -2.25. The molecule has 0 spiro atoms. The standard InChI is InChI=1S/C24H25F3N8O/c25-24(26,27)20-11-21(31-23(30-20)32-9-3-4-10-32)33-12-16-14-34(15-17(16)13-33)22(36)18-5-1-2-6-19(18)35-28-7-8-29-35/h1-2,5-8,11,16-17H,3-4,9-10,12-15H2. The van der Waals surface area contributed by atoms with Gasteiger partial charge < -0.3 is 14.7 Å². The first-order valence-corrected chi connectivity index (χ1v) is 12.1. The second kappa shape index (κ2) is 8.75. The minimum atomic E-state index is -4.54. The van der Waals surface area contributed by atoms with E-state index in [4.69, 9.17) is 0 Å². The van der Waals surface area contributed by atoms with Crippen molar-refractivity contribution in [3.63, 3.8) is 0 Å². The highest BCUT2D eigenvalue weighted by Gasteiger charge is 2.43. The van der Waals surface area contributed by atoms with Crippen LogP contribution in [0.2, 0.25) is 0 Å². The zero-order valence-electron chi connectivity index (χ0n) is 19.5. The van der Waals surface area contributed by atoms with Crippen molar-refractivity contribution in [2.24, 2.45) is 11.8 Å². The Bertz CT molecular complexity index is 1240. The van der Waals surface area contributed by atoms with E-state index in [0.717, 1.165) is 18.9 Å². The minimum absolute atomic E-state index is 0.0958. The Morgan fingerprint density at radius 2 is 1.56 bits per heavy atom. The second-order valence-corrected chi connectivity index (χ2v) is 9.57. The van der Waals surface area contributed by atoms with Gasteiger partial charge in [-0.1, -0.05) is 12.1 Å². The third kappa shape index (κ3) is 4.14. The summed E-state index contributed by atoms with van der Waals surface area (Å²) < 4.78 is 40.8. The maximum Gasteiger partial charge on any atom is 0.433 e. The number of anilines is 2. The van der Waals surface area contributed by atoms with Gasteiger partial charge >= 0.3 is 6.18 Å². The van der Waals surface area contributed by atoms with Crippen molar-refractivity contribution in [1.29, 1.82) is 0 Å². The van der Waals surface area contributed by atoms with Crippen LogP contribution in [0.15, 0.2) is 42.7 Å². The maximum atomic E-state index is 13.6. The van der Waals surface area contributed by atoms with E-state index >= 15 is 0 Å². The molecule has 2 unspecified atom stereocenters. The lowest BCUT2D eigenvalue weighted by Crippen LogP contribution is -2.34. The van der Waals surface area contributed by atoms with E-state index in [2.05, 4.69) is 20.2 Å². The number of likely N-dealkylation sites (tertiary alicyclic amines) is 1. The Labute approximate surface area is 205 Å². The molecule has 9 nitrogen and oxygen atoms in total. The predicted octanol–water partition coefficient (Wildman–Crippen LogP) is 2.88. The Morgan fingerprint density at radius 3 is 2.22 bits per heavy atom. The molecule has 12 heteroatoms. The van der Waals surface area contributed by atoms with Crippen LogP contribution < -0.4 is 9.80 Å². The molecule has 1 amide bonds. The summed E-state index contributed by atoms with van der Waals surface area (Å²) in [6, 6.07) is 8.26. The number of nitrogens with zero attached hydrogens (tertiary/aromatic N) is 8. The normalized spacial score (nSPS) is 21.9. The highest BCUT2D eigenvalue weighted by Crippen LogP contribution is 2.37. The smallest absolute Gasteiger partial charge is 0.356 e. The zero-order chi connectivity index (χ0) is 24.9. The minimum Gasteiger partial charge on any atom is -0.356 e. The fourth-order valence-electron chi connectivity index (χ4n) is 5.47. The lowest BCUT2D eigenvalue weighted by molar-refractivity contribution is -0.141. The summed E-state index contributed by atoms with van der Waals surface area (Å²) in [7, 11) is 0. The number of benzene rings is 1. The number of amides is 1.